The SMILES string of the molecule is C=CCCCNC(C)O. The first-order valence-electron chi connectivity index (χ1n) is 3.29. The predicted octanol–water partition coefficient (Wildman–Crippen LogP) is 0.880. The maximum atomic E-state index is 8.71. The first kappa shape index (κ1) is 8.66. The van der Waals surface area contributed by atoms with Crippen molar-refractivity contribution >= 4 is 0 Å². The van der Waals surface area contributed by atoms with Crippen LogP contribution in [-0.4, -0.2) is 17.9 Å². The highest BCUT2D eigenvalue weighted by Crippen LogP contribution is 1.86. The van der Waals surface area contributed by atoms with E-state index in [0.29, 0.717) is 0 Å². The van der Waals surface area contributed by atoms with Crippen LogP contribution in [0.1, 0.15) is 19.8 Å². The van der Waals surface area contributed by atoms with Gasteiger partial charge in [-0.3, -0.25) is 5.32 Å². The topological polar surface area (TPSA) is 32.3 Å². The van der Waals surface area contributed by atoms with Crippen LogP contribution in [0.15, 0.2) is 12.7 Å². The monoisotopic (exact) mass is 129 g/mol. The number of allylic oxidation sites excluding steroid dienone is 1. The van der Waals surface area contributed by atoms with Gasteiger partial charge in [0, 0.05) is 0 Å². The van der Waals surface area contributed by atoms with Crippen LogP contribution in [0.3, 0.4) is 0 Å². The lowest BCUT2D eigenvalue weighted by Crippen LogP contribution is -2.25. The lowest BCUT2D eigenvalue weighted by Gasteiger charge is -2.04. The van der Waals surface area contributed by atoms with E-state index in [4.69, 9.17) is 5.11 Å². The van der Waals surface area contributed by atoms with Gasteiger partial charge in [0.1, 0.15) is 6.23 Å². The van der Waals surface area contributed by atoms with Crippen molar-refractivity contribution in [3.8, 4) is 0 Å². The number of aliphatic hydroxyl groups is 1. The lowest BCUT2D eigenvalue weighted by atomic mass is 10.3. The minimum Gasteiger partial charge on any atom is -0.379 e. The van der Waals surface area contributed by atoms with E-state index in [2.05, 4.69) is 11.9 Å². The maximum absolute atomic E-state index is 8.71. The van der Waals surface area contributed by atoms with Crippen LogP contribution < -0.4 is 5.32 Å². The molecule has 9 heavy (non-hydrogen) atoms. The van der Waals surface area contributed by atoms with Crippen molar-refractivity contribution in [2.75, 3.05) is 6.54 Å². The van der Waals surface area contributed by atoms with Crippen LogP contribution in [0.4, 0.5) is 0 Å². The molecule has 0 aromatic carbocycles. The molecule has 0 aromatic rings. The Morgan fingerprint density at radius 2 is 2.44 bits per heavy atom. The van der Waals surface area contributed by atoms with Gasteiger partial charge in [0.05, 0.1) is 0 Å². The molecule has 0 spiro atoms. The first-order chi connectivity index (χ1) is 4.27. The molecule has 0 aliphatic carbocycles. The van der Waals surface area contributed by atoms with Crippen LogP contribution in [0.25, 0.3) is 0 Å². The third-order valence-electron chi connectivity index (χ3n) is 1.02. The van der Waals surface area contributed by atoms with E-state index in [1.165, 1.54) is 0 Å². The third-order valence-corrected chi connectivity index (χ3v) is 1.02. The average Bonchev–Trinajstić information content (AvgIpc) is 1.80. The molecule has 0 saturated carbocycles. The summed E-state index contributed by atoms with van der Waals surface area (Å²) in [6.45, 7) is 6.17. The molecule has 0 aromatic heterocycles. The van der Waals surface area contributed by atoms with Crippen molar-refractivity contribution < 1.29 is 5.11 Å². The van der Waals surface area contributed by atoms with Crippen molar-refractivity contribution in [1.29, 1.82) is 0 Å². The minimum atomic E-state index is -0.380. The van der Waals surface area contributed by atoms with Gasteiger partial charge < -0.3 is 5.11 Å². The molecular weight excluding hydrogens is 114 g/mol. The molecule has 0 aliphatic heterocycles. The zero-order valence-electron chi connectivity index (χ0n) is 5.93. The molecule has 0 saturated heterocycles. The summed E-state index contributed by atoms with van der Waals surface area (Å²) in [5.74, 6) is 0. The Labute approximate surface area is 56.6 Å². The second-order valence-electron chi connectivity index (χ2n) is 2.06. The largest absolute Gasteiger partial charge is 0.379 e. The number of rotatable bonds is 5. The van der Waals surface area contributed by atoms with Gasteiger partial charge in [-0.2, -0.15) is 0 Å². The first-order valence-corrected chi connectivity index (χ1v) is 3.29. The highest BCUT2D eigenvalue weighted by atomic mass is 16.3. The Morgan fingerprint density at radius 3 is 2.89 bits per heavy atom. The molecule has 1 unspecified atom stereocenters. The summed E-state index contributed by atoms with van der Waals surface area (Å²) in [5.41, 5.74) is 0. The summed E-state index contributed by atoms with van der Waals surface area (Å²) in [7, 11) is 0. The molecule has 1 atom stereocenters. The van der Waals surface area contributed by atoms with E-state index in [9.17, 15) is 0 Å². The van der Waals surface area contributed by atoms with Crippen molar-refractivity contribution in [2.24, 2.45) is 0 Å². The lowest BCUT2D eigenvalue weighted by molar-refractivity contribution is 0.156. The van der Waals surface area contributed by atoms with E-state index in [0.717, 1.165) is 19.4 Å². The number of aliphatic hydroxyl groups excluding tert-OH is 1. The Bertz CT molecular complexity index is 71.3. The fourth-order valence-electron chi connectivity index (χ4n) is 0.557. The molecule has 54 valence electrons. The summed E-state index contributed by atoms with van der Waals surface area (Å²) in [5, 5.41) is 11.6. The predicted molar refractivity (Wildman–Crippen MR) is 39.1 cm³/mol. The minimum absolute atomic E-state index is 0.380. The van der Waals surface area contributed by atoms with E-state index in [1.54, 1.807) is 6.92 Å². The van der Waals surface area contributed by atoms with Crippen LogP contribution in [0.5, 0.6) is 0 Å². The molecule has 0 radical (unpaired) electrons. The Hall–Kier alpha value is -0.340. The summed E-state index contributed by atoms with van der Waals surface area (Å²) < 4.78 is 0. The number of hydrogen-bond acceptors (Lipinski definition) is 2. The molecule has 0 amide bonds. The standard InChI is InChI=1S/C7H15NO/c1-3-4-5-6-8-7(2)9/h3,7-9H,1,4-6H2,2H3. The molecule has 0 bridgehead atoms. The summed E-state index contributed by atoms with van der Waals surface area (Å²) in [6.07, 6.45) is 3.56. The summed E-state index contributed by atoms with van der Waals surface area (Å²) in [6, 6.07) is 0. The van der Waals surface area contributed by atoms with Crippen molar-refractivity contribution in [3.63, 3.8) is 0 Å². The summed E-state index contributed by atoms with van der Waals surface area (Å²) >= 11 is 0. The number of nitrogens with one attached hydrogen (secondary N) is 1. The second-order valence-corrected chi connectivity index (χ2v) is 2.06. The Balaban J connectivity index is 2.82. The van der Waals surface area contributed by atoms with Gasteiger partial charge in [0.25, 0.3) is 0 Å². The maximum Gasteiger partial charge on any atom is 0.102 e. The molecule has 0 rings (SSSR count). The fraction of sp³-hybridized carbons (Fsp3) is 0.714. The molecule has 2 heteroatoms. The molecule has 0 heterocycles. The van der Waals surface area contributed by atoms with Crippen molar-refractivity contribution in [3.05, 3.63) is 12.7 Å². The molecule has 0 fully saturated rings. The Kier molecular flexibility index (Phi) is 5.57. The van der Waals surface area contributed by atoms with Gasteiger partial charge in [-0.05, 0) is 26.3 Å². The van der Waals surface area contributed by atoms with E-state index in [1.807, 2.05) is 6.08 Å². The van der Waals surface area contributed by atoms with Crippen LogP contribution in [0, 0.1) is 0 Å². The van der Waals surface area contributed by atoms with Crippen LogP contribution in [0.2, 0.25) is 0 Å². The van der Waals surface area contributed by atoms with E-state index in [-0.39, 0.29) is 6.23 Å². The van der Waals surface area contributed by atoms with Gasteiger partial charge in [-0.1, -0.05) is 6.08 Å². The normalized spacial score (nSPS) is 13.1. The highest BCUT2D eigenvalue weighted by Gasteiger charge is 1.89. The number of unbranched alkanes of at least 4 members (excludes halogenated alkanes) is 1. The van der Waals surface area contributed by atoms with Gasteiger partial charge in [-0.25, -0.2) is 0 Å². The van der Waals surface area contributed by atoms with Gasteiger partial charge in [-0.15, -0.1) is 6.58 Å². The Morgan fingerprint density at radius 1 is 1.78 bits per heavy atom. The van der Waals surface area contributed by atoms with Crippen LogP contribution >= 0.6 is 0 Å². The fourth-order valence-corrected chi connectivity index (χ4v) is 0.557. The van der Waals surface area contributed by atoms with Crippen molar-refractivity contribution in [2.45, 2.75) is 26.0 Å². The third kappa shape index (κ3) is 7.66. The molecule has 2 N–H and O–H groups in total. The van der Waals surface area contributed by atoms with E-state index < -0.39 is 0 Å². The molecule has 0 aliphatic rings. The van der Waals surface area contributed by atoms with Gasteiger partial charge in [0.15, 0.2) is 0 Å². The average molecular weight is 129 g/mol. The highest BCUT2D eigenvalue weighted by molar-refractivity contribution is 4.66. The zero-order valence-corrected chi connectivity index (χ0v) is 5.93. The van der Waals surface area contributed by atoms with Gasteiger partial charge in [0.2, 0.25) is 0 Å². The molecular formula is C7H15NO. The quantitative estimate of drug-likeness (QED) is 0.328. The van der Waals surface area contributed by atoms with Crippen molar-refractivity contribution in [1.82, 2.24) is 5.32 Å². The number of hydrogen-bond donors (Lipinski definition) is 2. The van der Waals surface area contributed by atoms with Crippen LogP contribution in [-0.2, 0) is 0 Å². The smallest absolute Gasteiger partial charge is 0.102 e. The molecule has 2 nitrogen and oxygen atoms in total. The summed E-state index contributed by atoms with van der Waals surface area (Å²) in [4.78, 5) is 0. The zero-order chi connectivity index (χ0) is 7.11. The van der Waals surface area contributed by atoms with Gasteiger partial charge >= 0.3 is 0 Å². The van der Waals surface area contributed by atoms with E-state index >= 15 is 0 Å². The second kappa shape index (κ2) is 5.79.